The van der Waals surface area contributed by atoms with Crippen molar-refractivity contribution in [1.82, 2.24) is 15.4 Å². The van der Waals surface area contributed by atoms with E-state index in [-0.39, 0.29) is 30.6 Å². The molecule has 2 heterocycles. The Morgan fingerprint density at radius 2 is 1.96 bits per heavy atom. The minimum absolute atomic E-state index is 0. The Balaban J connectivity index is 0.00000208. The molecule has 3 rings (SSSR count). The molecule has 0 aliphatic carbocycles. The monoisotopic (exact) mass is 391 g/mol. The fraction of sp³-hybridized carbons (Fsp3) is 0.333. The van der Waals surface area contributed by atoms with Crippen molar-refractivity contribution < 1.29 is 14.1 Å². The van der Waals surface area contributed by atoms with Gasteiger partial charge >= 0.3 is 0 Å². The first-order valence-corrected chi connectivity index (χ1v) is 7.93. The largest absolute Gasteiger partial charge is 0.482 e. The molecule has 130 valence electrons. The number of carbonyl (C=O) groups is 1. The van der Waals surface area contributed by atoms with Crippen molar-refractivity contribution in [3.05, 3.63) is 45.8 Å². The lowest BCUT2D eigenvalue weighted by Gasteiger charge is -2.26. The topological polar surface area (TPSA) is 67.6 Å². The maximum absolute atomic E-state index is 12.3. The molecule has 0 spiro atoms. The van der Waals surface area contributed by atoms with Gasteiger partial charge in [0.25, 0.3) is 5.91 Å². The van der Waals surface area contributed by atoms with E-state index in [1.54, 1.807) is 29.2 Å². The highest BCUT2D eigenvalue weighted by Crippen LogP contribution is 2.32. The SMILES string of the molecule is Cl.O=C(c1cc(COc2c(Cl)cccc2Cl)on1)N1CCNCC1. The van der Waals surface area contributed by atoms with Crippen molar-refractivity contribution in [2.45, 2.75) is 6.61 Å². The second kappa shape index (κ2) is 8.58. The van der Waals surface area contributed by atoms with Gasteiger partial charge in [0, 0.05) is 32.2 Å². The Bertz CT molecular complexity index is 682. The molecule has 24 heavy (non-hydrogen) atoms. The van der Waals surface area contributed by atoms with E-state index in [2.05, 4.69) is 10.5 Å². The number of hydrogen-bond donors (Lipinski definition) is 1. The summed E-state index contributed by atoms with van der Waals surface area (Å²) in [5, 5.41) is 7.83. The molecular weight excluding hydrogens is 377 g/mol. The number of benzene rings is 1. The fourth-order valence-electron chi connectivity index (χ4n) is 2.28. The predicted octanol–water partition coefficient (Wildman–Crippen LogP) is 3.03. The van der Waals surface area contributed by atoms with Gasteiger partial charge in [0.15, 0.2) is 17.2 Å². The first-order valence-electron chi connectivity index (χ1n) is 7.17. The van der Waals surface area contributed by atoms with Crippen LogP contribution in [0, 0.1) is 0 Å². The summed E-state index contributed by atoms with van der Waals surface area (Å²) in [6, 6.07) is 6.68. The standard InChI is InChI=1S/C15H15Cl2N3O3.ClH/c16-11-2-1-3-12(17)14(11)22-9-10-8-13(19-23-10)15(21)20-6-4-18-5-7-20;/h1-3,8,18H,4-7,9H2;1H. The lowest BCUT2D eigenvalue weighted by atomic mass is 10.3. The summed E-state index contributed by atoms with van der Waals surface area (Å²) in [6.45, 7) is 2.97. The highest BCUT2D eigenvalue weighted by atomic mass is 35.5. The molecule has 2 aromatic rings. The van der Waals surface area contributed by atoms with E-state index in [9.17, 15) is 4.79 Å². The molecule has 1 aliphatic rings. The van der Waals surface area contributed by atoms with Crippen LogP contribution in [-0.2, 0) is 6.61 Å². The Hall–Kier alpha value is -1.47. The molecular formula is C15H16Cl3N3O3. The summed E-state index contributed by atoms with van der Waals surface area (Å²) in [4.78, 5) is 14.0. The van der Waals surface area contributed by atoms with Gasteiger partial charge in [-0.1, -0.05) is 34.4 Å². The minimum atomic E-state index is -0.141. The normalized spacial score (nSPS) is 14.2. The van der Waals surface area contributed by atoms with Crippen molar-refractivity contribution in [2.24, 2.45) is 0 Å². The van der Waals surface area contributed by atoms with Gasteiger partial charge in [0.05, 0.1) is 10.0 Å². The van der Waals surface area contributed by atoms with E-state index in [4.69, 9.17) is 32.5 Å². The van der Waals surface area contributed by atoms with E-state index in [0.29, 0.717) is 34.6 Å². The van der Waals surface area contributed by atoms with E-state index in [1.807, 2.05) is 0 Å². The number of carbonyl (C=O) groups excluding carboxylic acids is 1. The van der Waals surface area contributed by atoms with Gasteiger partial charge < -0.3 is 19.5 Å². The van der Waals surface area contributed by atoms with Gasteiger partial charge in [0.1, 0.15) is 6.61 Å². The zero-order valence-corrected chi connectivity index (χ0v) is 15.0. The summed E-state index contributed by atoms with van der Waals surface area (Å²) in [5.41, 5.74) is 0.274. The second-order valence-electron chi connectivity index (χ2n) is 5.06. The fourth-order valence-corrected chi connectivity index (χ4v) is 2.78. The molecule has 0 radical (unpaired) electrons. The highest BCUT2D eigenvalue weighted by Gasteiger charge is 2.21. The molecule has 1 aromatic heterocycles. The predicted molar refractivity (Wildman–Crippen MR) is 93.3 cm³/mol. The molecule has 0 atom stereocenters. The van der Waals surface area contributed by atoms with Gasteiger partial charge in [-0.3, -0.25) is 4.79 Å². The number of halogens is 3. The van der Waals surface area contributed by atoms with Crippen molar-refractivity contribution in [3.8, 4) is 5.75 Å². The summed E-state index contributed by atoms with van der Waals surface area (Å²) >= 11 is 12.1. The van der Waals surface area contributed by atoms with E-state index < -0.39 is 0 Å². The molecule has 6 nitrogen and oxygen atoms in total. The zero-order valence-electron chi connectivity index (χ0n) is 12.6. The average Bonchev–Trinajstić information content (AvgIpc) is 3.03. The van der Waals surface area contributed by atoms with Gasteiger partial charge in [0.2, 0.25) is 0 Å². The highest BCUT2D eigenvalue weighted by molar-refractivity contribution is 6.37. The van der Waals surface area contributed by atoms with Crippen LogP contribution in [0.5, 0.6) is 5.75 Å². The van der Waals surface area contributed by atoms with Gasteiger partial charge in [-0.25, -0.2) is 0 Å². The number of rotatable bonds is 4. The van der Waals surface area contributed by atoms with Crippen LogP contribution in [0.15, 0.2) is 28.8 Å². The Labute approximate surface area is 155 Å². The number of amides is 1. The van der Waals surface area contributed by atoms with Crippen LogP contribution in [0.2, 0.25) is 10.0 Å². The maximum Gasteiger partial charge on any atom is 0.276 e. The van der Waals surface area contributed by atoms with E-state index in [0.717, 1.165) is 13.1 Å². The third-order valence-electron chi connectivity index (χ3n) is 3.46. The van der Waals surface area contributed by atoms with Gasteiger partial charge in [-0.05, 0) is 12.1 Å². The van der Waals surface area contributed by atoms with Crippen LogP contribution in [0.3, 0.4) is 0 Å². The van der Waals surface area contributed by atoms with Crippen molar-refractivity contribution >= 4 is 41.5 Å². The van der Waals surface area contributed by atoms with Crippen LogP contribution in [0.1, 0.15) is 16.2 Å². The molecule has 1 saturated heterocycles. The number of nitrogens with zero attached hydrogens (tertiary/aromatic N) is 2. The van der Waals surface area contributed by atoms with E-state index in [1.165, 1.54) is 0 Å². The van der Waals surface area contributed by atoms with Gasteiger partial charge in [-0.15, -0.1) is 12.4 Å². The third-order valence-corrected chi connectivity index (χ3v) is 4.06. The molecule has 1 aliphatic heterocycles. The quantitative estimate of drug-likeness (QED) is 0.866. The molecule has 9 heteroatoms. The van der Waals surface area contributed by atoms with Crippen molar-refractivity contribution in [1.29, 1.82) is 0 Å². The molecule has 0 unspecified atom stereocenters. The lowest BCUT2D eigenvalue weighted by molar-refractivity contribution is 0.0725. The van der Waals surface area contributed by atoms with Crippen molar-refractivity contribution in [3.63, 3.8) is 0 Å². The average molecular weight is 393 g/mol. The Morgan fingerprint density at radius 3 is 2.62 bits per heavy atom. The smallest absolute Gasteiger partial charge is 0.276 e. The summed E-state index contributed by atoms with van der Waals surface area (Å²) in [5.74, 6) is 0.666. The van der Waals surface area contributed by atoms with Crippen LogP contribution >= 0.6 is 35.6 Å². The van der Waals surface area contributed by atoms with Crippen molar-refractivity contribution in [2.75, 3.05) is 26.2 Å². The molecule has 1 fully saturated rings. The molecule has 1 aromatic carbocycles. The molecule has 0 saturated carbocycles. The third kappa shape index (κ3) is 4.33. The number of para-hydroxylation sites is 1. The number of piperazine rings is 1. The first kappa shape index (κ1) is 18.9. The zero-order chi connectivity index (χ0) is 16.2. The van der Waals surface area contributed by atoms with Crippen LogP contribution < -0.4 is 10.1 Å². The van der Waals surface area contributed by atoms with Crippen LogP contribution in [0.4, 0.5) is 0 Å². The maximum atomic E-state index is 12.3. The molecule has 1 N–H and O–H groups in total. The minimum Gasteiger partial charge on any atom is -0.482 e. The van der Waals surface area contributed by atoms with E-state index >= 15 is 0 Å². The van der Waals surface area contributed by atoms with Crippen LogP contribution in [-0.4, -0.2) is 42.1 Å². The Kier molecular flexibility index (Phi) is 6.74. The number of hydrogen-bond acceptors (Lipinski definition) is 5. The number of ether oxygens (including phenoxy) is 1. The summed E-state index contributed by atoms with van der Waals surface area (Å²) < 4.78 is 10.7. The number of nitrogens with one attached hydrogen (secondary N) is 1. The molecule has 1 amide bonds. The molecule has 0 bridgehead atoms. The number of aromatic nitrogens is 1. The Morgan fingerprint density at radius 1 is 1.29 bits per heavy atom. The summed E-state index contributed by atoms with van der Waals surface area (Å²) in [6.07, 6.45) is 0. The first-order chi connectivity index (χ1) is 11.1. The van der Waals surface area contributed by atoms with Gasteiger partial charge in [-0.2, -0.15) is 0 Å². The lowest BCUT2D eigenvalue weighted by Crippen LogP contribution is -2.46. The summed E-state index contributed by atoms with van der Waals surface area (Å²) in [7, 11) is 0. The second-order valence-corrected chi connectivity index (χ2v) is 5.87. The van der Waals surface area contributed by atoms with Crippen LogP contribution in [0.25, 0.3) is 0 Å².